The molecule has 1 aromatic heterocycles. The summed E-state index contributed by atoms with van der Waals surface area (Å²) in [4.78, 5) is 28.7. The third-order valence-corrected chi connectivity index (χ3v) is 3.28. The molecule has 1 saturated heterocycles. The van der Waals surface area contributed by atoms with Crippen LogP contribution in [0.25, 0.3) is 0 Å². The van der Waals surface area contributed by atoms with Gasteiger partial charge in [-0.2, -0.15) is 0 Å². The average molecular weight is 326 g/mol. The number of hydrogen-bond acceptors (Lipinski definition) is 6. The van der Waals surface area contributed by atoms with Crippen molar-refractivity contribution in [1.82, 2.24) is 9.88 Å². The second-order valence-corrected chi connectivity index (χ2v) is 6.21. The zero-order valence-corrected chi connectivity index (χ0v) is 13.3. The molecule has 0 radical (unpaired) electrons. The lowest BCUT2D eigenvalue weighted by atomic mass is 10.2. The molecule has 0 spiro atoms. The van der Waals surface area contributed by atoms with E-state index in [0.717, 1.165) is 12.3 Å². The van der Waals surface area contributed by atoms with Gasteiger partial charge in [0.05, 0.1) is 6.07 Å². The molecule has 0 aliphatic carbocycles. The van der Waals surface area contributed by atoms with E-state index in [1.54, 1.807) is 30.6 Å². The molecule has 1 amide bonds. The van der Waals surface area contributed by atoms with Gasteiger partial charge in [-0.25, -0.2) is 9.18 Å². The summed E-state index contributed by atoms with van der Waals surface area (Å²) in [5.74, 6) is -1.23. The normalized spacial score (nSPS) is 15.5. The molecule has 9 heteroatoms. The van der Waals surface area contributed by atoms with E-state index < -0.39 is 28.3 Å². The number of hydrogen-bond donors (Lipinski definition) is 0. The van der Waals surface area contributed by atoms with Crippen LogP contribution in [0.5, 0.6) is 0 Å². The molecular weight excluding hydrogens is 307 g/mol. The highest BCUT2D eigenvalue weighted by Gasteiger charge is 2.27. The van der Waals surface area contributed by atoms with Crippen LogP contribution in [0, 0.1) is 15.9 Å². The minimum atomic E-state index is -0.743. The van der Waals surface area contributed by atoms with Gasteiger partial charge in [-0.3, -0.25) is 0 Å². The molecule has 0 atom stereocenters. The van der Waals surface area contributed by atoms with E-state index in [2.05, 4.69) is 4.98 Å². The Balaban J connectivity index is 1.99. The molecule has 0 bridgehead atoms. The number of carbonyl (C=O) groups excluding carboxylic acids is 1. The quantitative estimate of drug-likeness (QED) is 0.611. The second-order valence-electron chi connectivity index (χ2n) is 6.21. The van der Waals surface area contributed by atoms with Crippen molar-refractivity contribution in [1.29, 1.82) is 0 Å². The lowest BCUT2D eigenvalue weighted by molar-refractivity contribution is -0.389. The van der Waals surface area contributed by atoms with Crippen molar-refractivity contribution in [3.63, 3.8) is 0 Å². The highest BCUT2D eigenvalue weighted by molar-refractivity contribution is 5.68. The molecular formula is C14H19FN4O4. The molecule has 1 aliphatic heterocycles. The van der Waals surface area contributed by atoms with Crippen LogP contribution in [0.3, 0.4) is 0 Å². The van der Waals surface area contributed by atoms with Crippen LogP contribution in [0.2, 0.25) is 0 Å². The van der Waals surface area contributed by atoms with Gasteiger partial charge in [0.2, 0.25) is 0 Å². The van der Waals surface area contributed by atoms with Crippen LogP contribution in [-0.2, 0) is 4.74 Å². The van der Waals surface area contributed by atoms with E-state index in [9.17, 15) is 19.3 Å². The van der Waals surface area contributed by atoms with Crippen LogP contribution in [0.15, 0.2) is 12.3 Å². The van der Waals surface area contributed by atoms with Crippen LogP contribution < -0.4 is 4.90 Å². The van der Waals surface area contributed by atoms with Crippen molar-refractivity contribution >= 4 is 17.6 Å². The van der Waals surface area contributed by atoms with E-state index in [-0.39, 0.29) is 5.69 Å². The summed E-state index contributed by atoms with van der Waals surface area (Å²) in [6.07, 6.45) is 0.746. The summed E-state index contributed by atoms with van der Waals surface area (Å²) in [5.41, 5.74) is -0.373. The van der Waals surface area contributed by atoms with E-state index in [1.807, 2.05) is 0 Å². The van der Waals surface area contributed by atoms with Crippen molar-refractivity contribution in [2.75, 3.05) is 31.1 Å². The highest BCUT2D eigenvalue weighted by atomic mass is 19.1. The van der Waals surface area contributed by atoms with Gasteiger partial charge in [0.25, 0.3) is 0 Å². The molecule has 1 aromatic rings. The summed E-state index contributed by atoms with van der Waals surface area (Å²) < 4.78 is 19.3. The number of nitro groups is 1. The molecule has 0 N–H and O–H groups in total. The van der Waals surface area contributed by atoms with E-state index in [1.165, 1.54) is 0 Å². The maximum absolute atomic E-state index is 14.0. The van der Waals surface area contributed by atoms with E-state index in [0.29, 0.717) is 26.2 Å². The SMILES string of the molecule is CC(C)(C)OC(=O)N1CCN(c2cnc([N+](=O)[O-])cc2F)CC1. The third-order valence-electron chi connectivity index (χ3n) is 3.28. The summed E-state index contributed by atoms with van der Waals surface area (Å²) in [6, 6.07) is 0.801. The Morgan fingerprint density at radius 2 is 1.96 bits per heavy atom. The first-order valence-corrected chi connectivity index (χ1v) is 7.20. The van der Waals surface area contributed by atoms with Gasteiger partial charge in [-0.15, -0.1) is 0 Å². The number of piperazine rings is 1. The summed E-state index contributed by atoms with van der Waals surface area (Å²) in [5, 5.41) is 10.6. The fourth-order valence-electron chi connectivity index (χ4n) is 2.20. The Morgan fingerprint density at radius 3 is 2.43 bits per heavy atom. The number of rotatable bonds is 2. The Kier molecular flexibility index (Phi) is 4.67. The second kappa shape index (κ2) is 6.35. The molecule has 1 aliphatic rings. The molecule has 0 saturated carbocycles. The molecule has 0 aromatic carbocycles. The van der Waals surface area contributed by atoms with Gasteiger partial charge in [0.1, 0.15) is 11.3 Å². The first kappa shape index (κ1) is 16.9. The number of amides is 1. The minimum absolute atomic E-state index is 0.194. The van der Waals surface area contributed by atoms with Crippen molar-refractivity contribution in [3.05, 3.63) is 28.2 Å². The Labute approximate surface area is 133 Å². The number of ether oxygens (including phenoxy) is 1. The molecule has 23 heavy (non-hydrogen) atoms. The lowest BCUT2D eigenvalue weighted by Crippen LogP contribution is -2.50. The number of carbonyl (C=O) groups is 1. The maximum atomic E-state index is 14.0. The topological polar surface area (TPSA) is 88.8 Å². The molecule has 0 unspecified atom stereocenters. The van der Waals surface area contributed by atoms with Crippen LogP contribution in [0.1, 0.15) is 20.8 Å². The summed E-state index contributed by atoms with van der Waals surface area (Å²) >= 11 is 0. The van der Waals surface area contributed by atoms with Crippen molar-refractivity contribution < 1.29 is 18.8 Å². The fourth-order valence-corrected chi connectivity index (χ4v) is 2.20. The van der Waals surface area contributed by atoms with Gasteiger partial charge in [0.15, 0.2) is 12.0 Å². The molecule has 1 fully saturated rings. The Morgan fingerprint density at radius 1 is 1.35 bits per heavy atom. The Hall–Kier alpha value is -2.45. The fraction of sp³-hybridized carbons (Fsp3) is 0.571. The van der Waals surface area contributed by atoms with Gasteiger partial charge >= 0.3 is 11.9 Å². The van der Waals surface area contributed by atoms with Crippen LogP contribution in [-0.4, -0.2) is 52.7 Å². The molecule has 126 valence electrons. The molecule has 2 heterocycles. The number of pyridine rings is 1. The van der Waals surface area contributed by atoms with Gasteiger partial charge in [0, 0.05) is 26.2 Å². The van der Waals surface area contributed by atoms with Crippen molar-refractivity contribution in [2.24, 2.45) is 0 Å². The van der Waals surface area contributed by atoms with E-state index >= 15 is 0 Å². The lowest BCUT2D eigenvalue weighted by Gasteiger charge is -2.36. The smallest absolute Gasteiger partial charge is 0.410 e. The van der Waals surface area contributed by atoms with Crippen LogP contribution >= 0.6 is 0 Å². The zero-order chi connectivity index (χ0) is 17.2. The number of nitrogens with zero attached hydrogens (tertiary/aromatic N) is 4. The number of aromatic nitrogens is 1. The summed E-state index contributed by atoms with van der Waals surface area (Å²) in [7, 11) is 0. The third kappa shape index (κ3) is 4.27. The monoisotopic (exact) mass is 326 g/mol. The zero-order valence-electron chi connectivity index (χ0n) is 13.3. The van der Waals surface area contributed by atoms with Crippen molar-refractivity contribution in [3.8, 4) is 0 Å². The largest absolute Gasteiger partial charge is 0.444 e. The van der Waals surface area contributed by atoms with Gasteiger partial charge < -0.3 is 24.7 Å². The average Bonchev–Trinajstić information content (AvgIpc) is 2.45. The predicted octanol–water partition coefficient (Wildman–Crippen LogP) is 2.19. The standard InChI is InChI=1S/C14H19FN4O4/c1-14(2,3)23-13(20)18-6-4-17(5-7-18)11-9-16-12(19(21)22)8-10(11)15/h8-9H,4-7H2,1-3H3. The number of anilines is 1. The van der Waals surface area contributed by atoms with E-state index in [4.69, 9.17) is 4.74 Å². The molecule has 2 rings (SSSR count). The highest BCUT2D eigenvalue weighted by Crippen LogP contribution is 2.23. The van der Waals surface area contributed by atoms with Crippen LogP contribution in [0.4, 0.5) is 20.7 Å². The first-order valence-electron chi connectivity index (χ1n) is 7.20. The minimum Gasteiger partial charge on any atom is -0.444 e. The maximum Gasteiger partial charge on any atom is 0.410 e. The van der Waals surface area contributed by atoms with Crippen molar-refractivity contribution in [2.45, 2.75) is 26.4 Å². The van der Waals surface area contributed by atoms with Gasteiger partial charge in [-0.05, 0) is 30.7 Å². The number of halogens is 1. The first-order chi connectivity index (χ1) is 10.7. The Bertz CT molecular complexity index is 609. The molecule has 8 nitrogen and oxygen atoms in total. The summed E-state index contributed by atoms with van der Waals surface area (Å²) in [6.45, 7) is 6.93. The van der Waals surface area contributed by atoms with Gasteiger partial charge in [-0.1, -0.05) is 0 Å². The predicted molar refractivity (Wildman–Crippen MR) is 80.9 cm³/mol.